The molecule has 2 atom stereocenters. The van der Waals surface area contributed by atoms with Gasteiger partial charge in [0.15, 0.2) is 0 Å². The van der Waals surface area contributed by atoms with Crippen LogP contribution in [0.3, 0.4) is 0 Å². The van der Waals surface area contributed by atoms with Crippen LogP contribution in [0.15, 0.2) is 28.8 Å². The number of carbonyl (C=O) groups is 2. The van der Waals surface area contributed by atoms with Crippen LogP contribution in [0.25, 0.3) is 0 Å². The van der Waals surface area contributed by atoms with E-state index in [-0.39, 0.29) is 5.57 Å². The number of rotatable bonds is 1. The number of fused-ring (bicyclic) bond motifs is 1. The number of carbonyl (C=O) groups excluding carboxylic acids is 1. The number of hydrogen-bond acceptors (Lipinski definition) is 3. The van der Waals surface area contributed by atoms with Gasteiger partial charge in [0.1, 0.15) is 0 Å². The predicted molar refractivity (Wildman–Crippen MR) is 44.3 cm³/mol. The summed E-state index contributed by atoms with van der Waals surface area (Å²) in [6.45, 7) is 0. The zero-order valence-corrected chi connectivity index (χ0v) is 7.01. The zero-order chi connectivity index (χ0) is 10.3. The molecule has 0 fully saturated rings. The first-order valence-electron chi connectivity index (χ1n) is 4.02. The van der Waals surface area contributed by atoms with E-state index in [9.17, 15) is 14.7 Å². The maximum atomic E-state index is 11.1. The fourth-order valence-corrected chi connectivity index (χ4v) is 1.54. The second kappa shape index (κ2) is 2.80. The number of aliphatic carboxylic acids is 1. The Labute approximate surface area is 79.1 Å². The molecule has 5 nitrogen and oxygen atoms in total. The maximum absolute atomic E-state index is 11.1. The van der Waals surface area contributed by atoms with Crippen molar-refractivity contribution in [2.45, 2.75) is 0 Å². The van der Waals surface area contributed by atoms with Gasteiger partial charge in [-0.25, -0.2) is 9.79 Å². The summed E-state index contributed by atoms with van der Waals surface area (Å²) in [5.41, 5.74) is 0.0319. The molecule has 2 aliphatic rings. The van der Waals surface area contributed by atoms with Crippen LogP contribution in [0.5, 0.6) is 0 Å². The maximum Gasteiger partial charge on any atom is 0.335 e. The van der Waals surface area contributed by atoms with Crippen LogP contribution in [-0.4, -0.2) is 22.9 Å². The van der Waals surface area contributed by atoms with Gasteiger partial charge in [-0.2, -0.15) is 0 Å². The minimum atomic E-state index is -1.10. The van der Waals surface area contributed by atoms with Gasteiger partial charge in [0.05, 0.1) is 11.5 Å². The van der Waals surface area contributed by atoms with Crippen molar-refractivity contribution in [2.24, 2.45) is 16.8 Å². The third-order valence-corrected chi connectivity index (χ3v) is 2.27. The third-order valence-electron chi connectivity index (χ3n) is 2.27. The van der Waals surface area contributed by atoms with E-state index in [1.807, 2.05) is 0 Å². The van der Waals surface area contributed by atoms with E-state index in [2.05, 4.69) is 4.99 Å². The number of carboxylic acid groups (broad SMARTS) is 1. The van der Waals surface area contributed by atoms with Crippen molar-refractivity contribution >= 4 is 17.8 Å². The lowest BCUT2D eigenvalue weighted by molar-refractivity contribution is -0.221. The number of nitrogens with zero attached hydrogens (tertiary/aromatic N) is 1. The summed E-state index contributed by atoms with van der Waals surface area (Å²) in [4.78, 5) is 24.9. The normalized spacial score (nSPS) is 29.6. The Morgan fingerprint density at radius 1 is 1.50 bits per heavy atom. The van der Waals surface area contributed by atoms with Gasteiger partial charge in [0.25, 0.3) is 5.91 Å². The Bertz CT molecular complexity index is 405. The van der Waals surface area contributed by atoms with E-state index in [0.717, 1.165) is 0 Å². The van der Waals surface area contributed by atoms with Crippen LogP contribution in [0.2, 0.25) is 0 Å². The van der Waals surface area contributed by atoms with E-state index in [4.69, 9.17) is 5.11 Å². The van der Waals surface area contributed by atoms with Gasteiger partial charge in [-0.1, -0.05) is 18.2 Å². The van der Waals surface area contributed by atoms with Crippen molar-refractivity contribution in [3.05, 3.63) is 23.8 Å². The first-order chi connectivity index (χ1) is 6.59. The SMILES string of the molecule is O=C(O)C1=CC2C([O-])=NC(=O)C2C=C1. The Morgan fingerprint density at radius 2 is 2.21 bits per heavy atom. The molecule has 14 heavy (non-hydrogen) atoms. The molecule has 1 heterocycles. The minimum Gasteiger partial charge on any atom is -0.861 e. The van der Waals surface area contributed by atoms with Gasteiger partial charge in [-0.3, -0.25) is 4.79 Å². The van der Waals surface area contributed by atoms with Crippen LogP contribution in [0, 0.1) is 11.8 Å². The van der Waals surface area contributed by atoms with Gasteiger partial charge in [0, 0.05) is 5.92 Å². The second-order valence-electron chi connectivity index (χ2n) is 3.13. The Balaban J connectivity index is 2.36. The average molecular weight is 192 g/mol. The smallest absolute Gasteiger partial charge is 0.335 e. The second-order valence-corrected chi connectivity index (χ2v) is 3.13. The van der Waals surface area contributed by atoms with Crippen LogP contribution in [-0.2, 0) is 9.59 Å². The molecule has 0 aromatic rings. The predicted octanol–water partition coefficient (Wildman–Crippen LogP) is -0.901. The van der Waals surface area contributed by atoms with E-state index in [1.165, 1.54) is 18.2 Å². The third kappa shape index (κ3) is 1.14. The molecular weight excluding hydrogens is 186 g/mol. The van der Waals surface area contributed by atoms with E-state index in [0.29, 0.717) is 0 Å². The van der Waals surface area contributed by atoms with Gasteiger partial charge >= 0.3 is 5.97 Å². The van der Waals surface area contributed by atoms with Crippen molar-refractivity contribution in [3.8, 4) is 0 Å². The molecule has 0 radical (unpaired) electrons. The molecule has 0 spiro atoms. The van der Waals surface area contributed by atoms with E-state index < -0.39 is 29.6 Å². The molecule has 1 amide bonds. The highest BCUT2D eigenvalue weighted by Crippen LogP contribution is 2.28. The molecule has 2 unspecified atom stereocenters. The zero-order valence-electron chi connectivity index (χ0n) is 7.01. The molecule has 5 heteroatoms. The molecule has 1 aliphatic carbocycles. The molecule has 1 N–H and O–H groups in total. The largest absolute Gasteiger partial charge is 0.861 e. The van der Waals surface area contributed by atoms with Crippen molar-refractivity contribution < 1.29 is 19.8 Å². The van der Waals surface area contributed by atoms with Gasteiger partial charge in [-0.15, -0.1) is 0 Å². The van der Waals surface area contributed by atoms with Crippen LogP contribution < -0.4 is 5.11 Å². The highest BCUT2D eigenvalue weighted by atomic mass is 16.4. The Kier molecular flexibility index (Phi) is 1.73. The molecule has 2 rings (SSSR count). The molecule has 0 aromatic heterocycles. The first kappa shape index (κ1) is 8.68. The number of carboxylic acids is 1. The summed E-state index contributed by atoms with van der Waals surface area (Å²) in [5, 5.41) is 19.8. The highest BCUT2D eigenvalue weighted by molar-refractivity contribution is 6.04. The number of amides is 1. The number of hydrogen-bond donors (Lipinski definition) is 1. The van der Waals surface area contributed by atoms with Crippen LogP contribution in [0.4, 0.5) is 0 Å². The standard InChI is InChI=1S/C9H7NO4/c11-7-5-2-1-4(9(13)14)3-6(5)8(12)10-7/h1-3,5-6H,(H,13,14)(H,10,11,12)/p-1. The summed E-state index contributed by atoms with van der Waals surface area (Å²) >= 11 is 0. The van der Waals surface area contributed by atoms with Crippen LogP contribution in [0.1, 0.15) is 0 Å². The summed E-state index contributed by atoms with van der Waals surface area (Å²) < 4.78 is 0. The summed E-state index contributed by atoms with van der Waals surface area (Å²) in [6, 6.07) is 0. The molecule has 0 aromatic carbocycles. The minimum absolute atomic E-state index is 0.0319. The Hall–Kier alpha value is -1.91. The molecule has 0 bridgehead atoms. The summed E-state index contributed by atoms with van der Waals surface area (Å²) in [5.74, 6) is -3.45. The lowest BCUT2D eigenvalue weighted by Crippen LogP contribution is -2.29. The van der Waals surface area contributed by atoms with E-state index in [1.54, 1.807) is 0 Å². The topological polar surface area (TPSA) is 89.8 Å². The average Bonchev–Trinajstić information content (AvgIpc) is 2.42. The first-order valence-corrected chi connectivity index (χ1v) is 4.02. The van der Waals surface area contributed by atoms with Crippen molar-refractivity contribution in [2.75, 3.05) is 0 Å². The fraction of sp³-hybridized carbons (Fsp3) is 0.222. The molecule has 0 saturated carbocycles. The monoisotopic (exact) mass is 192 g/mol. The number of aliphatic imine (C=N–C) groups is 1. The van der Waals surface area contributed by atoms with Crippen molar-refractivity contribution in [1.82, 2.24) is 0 Å². The van der Waals surface area contributed by atoms with Crippen molar-refractivity contribution in [3.63, 3.8) is 0 Å². The highest BCUT2D eigenvalue weighted by Gasteiger charge is 2.33. The lowest BCUT2D eigenvalue weighted by Gasteiger charge is -2.19. The summed E-state index contributed by atoms with van der Waals surface area (Å²) in [6.07, 6.45) is 4.03. The quantitative estimate of drug-likeness (QED) is 0.582. The van der Waals surface area contributed by atoms with Crippen molar-refractivity contribution in [1.29, 1.82) is 0 Å². The Morgan fingerprint density at radius 3 is 2.86 bits per heavy atom. The lowest BCUT2D eigenvalue weighted by atomic mass is 9.87. The van der Waals surface area contributed by atoms with Gasteiger partial charge in [0.2, 0.25) is 0 Å². The van der Waals surface area contributed by atoms with Crippen LogP contribution >= 0.6 is 0 Å². The van der Waals surface area contributed by atoms with Gasteiger partial charge < -0.3 is 10.2 Å². The molecule has 1 aliphatic heterocycles. The molecule has 0 saturated heterocycles. The van der Waals surface area contributed by atoms with Gasteiger partial charge in [-0.05, 0) is 5.90 Å². The fourth-order valence-electron chi connectivity index (χ4n) is 1.54. The molecular formula is C9H6NO4-. The van der Waals surface area contributed by atoms with E-state index >= 15 is 0 Å². The summed E-state index contributed by atoms with van der Waals surface area (Å²) in [7, 11) is 0. The molecule has 72 valence electrons.